The molecule has 3 N–H and O–H groups in total. The first-order chi connectivity index (χ1) is 33.5. The van der Waals surface area contributed by atoms with Crippen molar-refractivity contribution in [3.63, 3.8) is 0 Å². The maximum Gasteiger partial charge on any atom is 0.306 e. The lowest BCUT2D eigenvalue weighted by Crippen LogP contribution is -2.46. The van der Waals surface area contributed by atoms with Crippen LogP contribution in [0.2, 0.25) is 0 Å². The Labute approximate surface area is 423 Å². The fourth-order valence-electron chi connectivity index (χ4n) is 9.13. The Kier molecular flexibility index (Phi) is 54.0. The number of esters is 1. The van der Waals surface area contributed by atoms with Crippen molar-refractivity contribution in [3.8, 4) is 0 Å². The molecule has 6 heteroatoms. The van der Waals surface area contributed by atoms with Gasteiger partial charge in [0, 0.05) is 6.42 Å². The van der Waals surface area contributed by atoms with Crippen LogP contribution in [0.15, 0.2) is 48.6 Å². The molecule has 1 amide bonds. The van der Waals surface area contributed by atoms with Crippen molar-refractivity contribution in [2.24, 2.45) is 0 Å². The maximum atomic E-state index is 13.3. The lowest BCUT2D eigenvalue weighted by atomic mass is 10.0. The van der Waals surface area contributed by atoms with Gasteiger partial charge in [-0.15, -0.1) is 0 Å². The molecule has 6 nitrogen and oxygen atoms in total. The Hall–Kier alpha value is -2.18. The number of amides is 1. The van der Waals surface area contributed by atoms with E-state index < -0.39 is 18.2 Å². The molecule has 0 saturated carbocycles. The number of nitrogens with one attached hydrogen (secondary N) is 1. The van der Waals surface area contributed by atoms with Crippen LogP contribution in [-0.4, -0.2) is 46.9 Å². The summed E-state index contributed by atoms with van der Waals surface area (Å²) >= 11 is 0. The molecule has 0 aliphatic heterocycles. The van der Waals surface area contributed by atoms with Crippen LogP contribution in [0, 0.1) is 0 Å². The Balaban J connectivity index is 4.56. The van der Waals surface area contributed by atoms with Crippen molar-refractivity contribution in [1.82, 2.24) is 5.32 Å². The van der Waals surface area contributed by atoms with E-state index in [2.05, 4.69) is 74.7 Å². The molecule has 0 rings (SSSR count). The summed E-state index contributed by atoms with van der Waals surface area (Å²) < 4.78 is 5.95. The molecule has 0 aromatic rings. The van der Waals surface area contributed by atoms with Crippen LogP contribution in [0.4, 0.5) is 0 Å². The Bertz CT molecular complexity index is 1160. The number of aliphatic hydroxyl groups excluding tert-OH is 2. The van der Waals surface area contributed by atoms with E-state index >= 15 is 0 Å². The first kappa shape index (κ1) is 65.8. The SMILES string of the molecule is CCCCCCC/C=C/C=C/C=C/CCCCCCCC(=O)OC(CCCCC/C=C/CCCCCCCCC)CC(=O)NC(CO)C(O)CCCCCCCCCCCCCCCCCCC. The van der Waals surface area contributed by atoms with E-state index in [9.17, 15) is 19.8 Å². The van der Waals surface area contributed by atoms with Crippen LogP contribution in [0.5, 0.6) is 0 Å². The van der Waals surface area contributed by atoms with Crippen LogP contribution in [-0.2, 0) is 14.3 Å². The second-order valence-corrected chi connectivity index (χ2v) is 20.5. The zero-order valence-corrected chi connectivity index (χ0v) is 45.5. The maximum absolute atomic E-state index is 13.3. The summed E-state index contributed by atoms with van der Waals surface area (Å²) in [7, 11) is 0. The van der Waals surface area contributed by atoms with Gasteiger partial charge in [-0.2, -0.15) is 0 Å². The molecule has 0 aliphatic rings. The molecule has 0 fully saturated rings. The molecule has 0 bridgehead atoms. The minimum atomic E-state index is -0.796. The van der Waals surface area contributed by atoms with Crippen LogP contribution >= 0.6 is 0 Å². The summed E-state index contributed by atoms with van der Waals surface area (Å²) in [6, 6.07) is -0.711. The predicted molar refractivity (Wildman–Crippen MR) is 296 cm³/mol. The smallest absolute Gasteiger partial charge is 0.306 e. The number of hydrogen-bond acceptors (Lipinski definition) is 5. The fraction of sp³-hybridized carbons (Fsp3) is 0.839. The zero-order valence-electron chi connectivity index (χ0n) is 45.5. The quantitative estimate of drug-likeness (QED) is 0.0244. The number of carbonyl (C=O) groups excluding carboxylic acids is 2. The largest absolute Gasteiger partial charge is 0.462 e. The van der Waals surface area contributed by atoms with Crippen molar-refractivity contribution in [3.05, 3.63) is 48.6 Å². The topological polar surface area (TPSA) is 95.9 Å². The van der Waals surface area contributed by atoms with Gasteiger partial charge in [0.1, 0.15) is 6.10 Å². The first-order valence-electron chi connectivity index (χ1n) is 29.9. The lowest BCUT2D eigenvalue weighted by molar-refractivity contribution is -0.151. The van der Waals surface area contributed by atoms with E-state index in [-0.39, 0.29) is 24.9 Å². The van der Waals surface area contributed by atoms with Gasteiger partial charge in [0.2, 0.25) is 5.91 Å². The Morgan fingerprint density at radius 3 is 1.18 bits per heavy atom. The molecule has 0 heterocycles. The molecule has 0 radical (unpaired) electrons. The van der Waals surface area contributed by atoms with E-state index in [1.807, 2.05) is 0 Å². The average molecular weight is 955 g/mol. The van der Waals surface area contributed by atoms with Crippen LogP contribution in [0.1, 0.15) is 310 Å². The molecule has 3 unspecified atom stereocenters. The number of hydrogen-bond donors (Lipinski definition) is 3. The summed E-state index contributed by atoms with van der Waals surface area (Å²) in [4.78, 5) is 26.3. The van der Waals surface area contributed by atoms with Gasteiger partial charge in [-0.05, 0) is 77.0 Å². The van der Waals surface area contributed by atoms with E-state index in [4.69, 9.17) is 4.74 Å². The van der Waals surface area contributed by atoms with Gasteiger partial charge in [0.25, 0.3) is 0 Å². The molecule has 68 heavy (non-hydrogen) atoms. The van der Waals surface area contributed by atoms with E-state index in [0.717, 1.165) is 89.9 Å². The predicted octanol–water partition coefficient (Wildman–Crippen LogP) is 18.6. The number of carbonyl (C=O) groups is 2. The van der Waals surface area contributed by atoms with Crippen molar-refractivity contribution in [2.75, 3.05) is 6.61 Å². The third-order valence-electron chi connectivity index (χ3n) is 13.7. The molecule has 0 saturated heterocycles. The summed E-state index contributed by atoms with van der Waals surface area (Å²) in [5.74, 6) is -0.500. The van der Waals surface area contributed by atoms with Gasteiger partial charge in [0.15, 0.2) is 0 Å². The normalized spacial score (nSPS) is 13.4. The van der Waals surface area contributed by atoms with E-state index in [1.165, 1.54) is 173 Å². The van der Waals surface area contributed by atoms with Gasteiger partial charge in [-0.25, -0.2) is 0 Å². The molecule has 398 valence electrons. The minimum Gasteiger partial charge on any atom is -0.462 e. The highest BCUT2D eigenvalue weighted by molar-refractivity contribution is 5.77. The molecular formula is C62H115NO5. The highest BCUT2D eigenvalue weighted by atomic mass is 16.5. The Morgan fingerprint density at radius 2 is 0.765 bits per heavy atom. The van der Waals surface area contributed by atoms with Gasteiger partial charge in [0.05, 0.1) is 25.2 Å². The minimum absolute atomic E-state index is 0.0601. The molecule has 0 aliphatic carbocycles. The summed E-state index contributed by atoms with van der Waals surface area (Å²) in [6.07, 6.45) is 68.9. The van der Waals surface area contributed by atoms with Crippen LogP contribution < -0.4 is 5.32 Å². The molecule has 0 aromatic heterocycles. The van der Waals surface area contributed by atoms with Crippen molar-refractivity contribution in [2.45, 2.75) is 328 Å². The van der Waals surface area contributed by atoms with Crippen LogP contribution in [0.25, 0.3) is 0 Å². The molecule has 3 atom stereocenters. The molecular weight excluding hydrogens is 839 g/mol. The van der Waals surface area contributed by atoms with Crippen molar-refractivity contribution < 1.29 is 24.5 Å². The van der Waals surface area contributed by atoms with E-state index in [1.54, 1.807) is 0 Å². The number of unbranched alkanes of at least 4 members (excludes halogenated alkanes) is 36. The second-order valence-electron chi connectivity index (χ2n) is 20.5. The highest BCUT2D eigenvalue weighted by Crippen LogP contribution is 2.18. The Morgan fingerprint density at radius 1 is 0.426 bits per heavy atom. The monoisotopic (exact) mass is 954 g/mol. The average Bonchev–Trinajstić information content (AvgIpc) is 3.33. The third-order valence-corrected chi connectivity index (χ3v) is 13.7. The zero-order chi connectivity index (χ0) is 49.5. The lowest BCUT2D eigenvalue weighted by Gasteiger charge is -2.24. The summed E-state index contributed by atoms with van der Waals surface area (Å²) in [5, 5.41) is 23.9. The van der Waals surface area contributed by atoms with Crippen molar-refractivity contribution >= 4 is 11.9 Å². The molecule has 0 aromatic carbocycles. The number of rotatable bonds is 54. The first-order valence-corrected chi connectivity index (χ1v) is 29.9. The fourth-order valence-corrected chi connectivity index (χ4v) is 9.13. The number of aliphatic hydroxyl groups is 2. The molecule has 0 spiro atoms. The number of allylic oxidation sites excluding steroid dienone is 8. The summed E-state index contributed by atoms with van der Waals surface area (Å²) in [6.45, 7) is 6.49. The van der Waals surface area contributed by atoms with Gasteiger partial charge < -0.3 is 20.3 Å². The number of ether oxygens (including phenoxy) is 1. The van der Waals surface area contributed by atoms with Gasteiger partial charge >= 0.3 is 5.97 Å². The van der Waals surface area contributed by atoms with E-state index in [0.29, 0.717) is 19.3 Å². The standard InChI is InChI=1S/C62H115NO5/c1-4-7-10-13-16-19-22-25-28-30-32-34-37-40-43-46-49-52-55-62(67)68-58(53-50-47-44-41-38-35-27-24-21-18-15-12-9-6-3)56-61(66)63-59(57-64)60(65)54-51-48-45-42-39-36-33-31-29-26-23-20-17-14-11-8-5-2/h22,25,28,30,32,34-35,38,58-60,64-65H,4-21,23-24,26-27,29,31,33,36-37,39-57H2,1-3H3,(H,63,66)/b25-22+,30-28+,34-32+,38-35+. The van der Waals surface area contributed by atoms with Crippen LogP contribution in [0.3, 0.4) is 0 Å². The summed E-state index contributed by atoms with van der Waals surface area (Å²) in [5.41, 5.74) is 0. The highest BCUT2D eigenvalue weighted by Gasteiger charge is 2.24. The van der Waals surface area contributed by atoms with Gasteiger partial charge in [-0.1, -0.05) is 268 Å². The third kappa shape index (κ3) is 50.2. The van der Waals surface area contributed by atoms with Gasteiger partial charge in [-0.3, -0.25) is 9.59 Å². The van der Waals surface area contributed by atoms with Crippen molar-refractivity contribution in [1.29, 1.82) is 0 Å². The second kappa shape index (κ2) is 55.7.